The molecule has 0 aromatic carbocycles. The number of aliphatic imine (C=N–C) groups is 1. The van der Waals surface area contributed by atoms with Gasteiger partial charge in [-0.05, 0) is 32.2 Å². The van der Waals surface area contributed by atoms with Crippen molar-refractivity contribution in [1.29, 1.82) is 0 Å². The lowest BCUT2D eigenvalue weighted by molar-refractivity contribution is 0.194. The Labute approximate surface area is 118 Å². The number of nitrogens with zero attached hydrogens (tertiary/aromatic N) is 2. The van der Waals surface area contributed by atoms with Crippen LogP contribution in [0.3, 0.4) is 0 Å². The molecular formula is C15H30N4. The molecule has 4 heteroatoms. The summed E-state index contributed by atoms with van der Waals surface area (Å²) in [5, 5.41) is 6.89. The van der Waals surface area contributed by atoms with Gasteiger partial charge in [-0.25, -0.2) is 0 Å². The van der Waals surface area contributed by atoms with Crippen LogP contribution in [-0.2, 0) is 0 Å². The van der Waals surface area contributed by atoms with Gasteiger partial charge in [0.2, 0.25) is 0 Å². The van der Waals surface area contributed by atoms with Crippen LogP contribution in [-0.4, -0.2) is 50.1 Å². The van der Waals surface area contributed by atoms with E-state index >= 15 is 0 Å². The van der Waals surface area contributed by atoms with Crippen LogP contribution in [0.15, 0.2) is 4.99 Å². The summed E-state index contributed by atoms with van der Waals surface area (Å²) in [6.45, 7) is 4.36. The largest absolute Gasteiger partial charge is 0.355 e. The van der Waals surface area contributed by atoms with E-state index in [4.69, 9.17) is 0 Å². The molecule has 4 nitrogen and oxygen atoms in total. The minimum atomic E-state index is 0.641. The zero-order valence-electron chi connectivity index (χ0n) is 12.8. The maximum Gasteiger partial charge on any atom is 0.191 e. The SMILES string of the molecule is CN=C(NCCN(C)C1CCCCC1)NC1CC1C. The van der Waals surface area contributed by atoms with E-state index < -0.39 is 0 Å². The van der Waals surface area contributed by atoms with Gasteiger partial charge in [0.15, 0.2) is 5.96 Å². The molecule has 0 aromatic heterocycles. The molecule has 2 aliphatic carbocycles. The molecule has 0 bridgehead atoms. The Morgan fingerprint density at radius 3 is 2.53 bits per heavy atom. The van der Waals surface area contributed by atoms with Crippen LogP contribution in [0.4, 0.5) is 0 Å². The van der Waals surface area contributed by atoms with Crippen LogP contribution in [0, 0.1) is 5.92 Å². The number of rotatable bonds is 5. The second kappa shape index (κ2) is 7.13. The molecule has 19 heavy (non-hydrogen) atoms. The fourth-order valence-electron chi connectivity index (χ4n) is 2.95. The van der Waals surface area contributed by atoms with E-state index in [1.54, 1.807) is 0 Å². The minimum absolute atomic E-state index is 0.641. The van der Waals surface area contributed by atoms with E-state index in [-0.39, 0.29) is 0 Å². The van der Waals surface area contributed by atoms with Crippen molar-refractivity contribution in [2.75, 3.05) is 27.2 Å². The summed E-state index contributed by atoms with van der Waals surface area (Å²) in [6, 6.07) is 1.44. The minimum Gasteiger partial charge on any atom is -0.355 e. The molecular weight excluding hydrogens is 236 g/mol. The summed E-state index contributed by atoms with van der Waals surface area (Å²) in [4.78, 5) is 6.80. The lowest BCUT2D eigenvalue weighted by Crippen LogP contribution is -2.44. The van der Waals surface area contributed by atoms with Crippen molar-refractivity contribution in [2.45, 2.75) is 57.5 Å². The van der Waals surface area contributed by atoms with Crippen LogP contribution in [0.25, 0.3) is 0 Å². The molecule has 2 aliphatic rings. The summed E-state index contributed by atoms with van der Waals surface area (Å²) in [7, 11) is 4.12. The predicted octanol–water partition coefficient (Wildman–Crippen LogP) is 1.82. The Kier molecular flexibility index (Phi) is 5.49. The van der Waals surface area contributed by atoms with Crippen LogP contribution < -0.4 is 10.6 Å². The Balaban J connectivity index is 1.61. The lowest BCUT2D eigenvalue weighted by atomic mass is 9.94. The number of guanidine groups is 1. The van der Waals surface area contributed by atoms with Crippen molar-refractivity contribution in [3.8, 4) is 0 Å². The van der Waals surface area contributed by atoms with E-state index in [1.807, 2.05) is 7.05 Å². The predicted molar refractivity (Wildman–Crippen MR) is 81.6 cm³/mol. The molecule has 2 saturated carbocycles. The number of hydrogen-bond donors (Lipinski definition) is 2. The summed E-state index contributed by atoms with van der Waals surface area (Å²) in [5.74, 6) is 1.77. The third-order valence-electron chi connectivity index (χ3n) is 4.61. The standard InChI is InChI=1S/C15H30N4/c1-12-11-14(12)18-15(16-2)17-9-10-19(3)13-7-5-4-6-8-13/h12-14H,4-11H2,1-3H3,(H2,16,17,18). The zero-order chi connectivity index (χ0) is 13.7. The second-order valence-electron chi connectivity index (χ2n) is 6.24. The summed E-state index contributed by atoms with van der Waals surface area (Å²) in [6.07, 6.45) is 8.28. The third kappa shape index (κ3) is 4.68. The van der Waals surface area contributed by atoms with Crippen LogP contribution in [0.1, 0.15) is 45.4 Å². The number of hydrogen-bond acceptors (Lipinski definition) is 2. The smallest absolute Gasteiger partial charge is 0.191 e. The monoisotopic (exact) mass is 266 g/mol. The first-order valence-corrected chi connectivity index (χ1v) is 7.88. The Bertz CT molecular complexity index is 297. The maximum atomic E-state index is 4.29. The van der Waals surface area contributed by atoms with Gasteiger partial charge >= 0.3 is 0 Å². The van der Waals surface area contributed by atoms with Crippen molar-refractivity contribution >= 4 is 5.96 Å². The van der Waals surface area contributed by atoms with E-state index in [1.165, 1.54) is 38.5 Å². The van der Waals surface area contributed by atoms with Gasteiger partial charge in [0.05, 0.1) is 0 Å². The van der Waals surface area contributed by atoms with E-state index in [9.17, 15) is 0 Å². The van der Waals surface area contributed by atoms with Crippen LogP contribution >= 0.6 is 0 Å². The van der Waals surface area contributed by atoms with E-state index in [0.717, 1.165) is 31.0 Å². The summed E-state index contributed by atoms with van der Waals surface area (Å²) < 4.78 is 0. The highest BCUT2D eigenvalue weighted by molar-refractivity contribution is 5.80. The van der Waals surface area contributed by atoms with Crippen molar-refractivity contribution in [2.24, 2.45) is 10.9 Å². The van der Waals surface area contributed by atoms with Gasteiger partial charge in [-0.15, -0.1) is 0 Å². The Hall–Kier alpha value is -0.770. The molecule has 0 saturated heterocycles. The molecule has 0 amide bonds. The fraction of sp³-hybridized carbons (Fsp3) is 0.933. The summed E-state index contributed by atoms with van der Waals surface area (Å²) in [5.41, 5.74) is 0. The molecule has 0 aromatic rings. The molecule has 2 N–H and O–H groups in total. The first-order valence-electron chi connectivity index (χ1n) is 7.88. The van der Waals surface area contributed by atoms with Crippen molar-refractivity contribution in [3.05, 3.63) is 0 Å². The molecule has 110 valence electrons. The number of likely N-dealkylation sites (N-methyl/N-ethyl adjacent to an activating group) is 1. The molecule has 0 heterocycles. The molecule has 2 atom stereocenters. The normalized spacial score (nSPS) is 28.5. The average Bonchev–Trinajstić information content (AvgIpc) is 3.13. The first kappa shape index (κ1) is 14.6. The fourth-order valence-corrected chi connectivity index (χ4v) is 2.95. The third-order valence-corrected chi connectivity index (χ3v) is 4.61. The molecule has 2 fully saturated rings. The van der Waals surface area contributed by atoms with Gasteiger partial charge in [-0.2, -0.15) is 0 Å². The first-order chi connectivity index (χ1) is 9.20. The Morgan fingerprint density at radius 2 is 1.95 bits per heavy atom. The second-order valence-corrected chi connectivity index (χ2v) is 6.24. The Morgan fingerprint density at radius 1 is 1.26 bits per heavy atom. The van der Waals surface area contributed by atoms with Gasteiger partial charge in [0.1, 0.15) is 0 Å². The van der Waals surface area contributed by atoms with Crippen molar-refractivity contribution in [1.82, 2.24) is 15.5 Å². The molecule has 2 unspecified atom stereocenters. The lowest BCUT2D eigenvalue weighted by Gasteiger charge is -2.31. The highest BCUT2D eigenvalue weighted by Gasteiger charge is 2.33. The topological polar surface area (TPSA) is 39.7 Å². The molecule has 0 aliphatic heterocycles. The zero-order valence-corrected chi connectivity index (χ0v) is 12.8. The van der Waals surface area contributed by atoms with Crippen LogP contribution in [0.2, 0.25) is 0 Å². The van der Waals surface area contributed by atoms with Crippen LogP contribution in [0.5, 0.6) is 0 Å². The van der Waals surface area contributed by atoms with E-state index in [0.29, 0.717) is 6.04 Å². The number of nitrogens with one attached hydrogen (secondary N) is 2. The maximum absolute atomic E-state index is 4.29. The average molecular weight is 266 g/mol. The van der Waals surface area contributed by atoms with Crippen molar-refractivity contribution < 1.29 is 0 Å². The van der Waals surface area contributed by atoms with Gasteiger partial charge in [-0.3, -0.25) is 4.99 Å². The molecule has 0 radical (unpaired) electrons. The molecule has 0 spiro atoms. The van der Waals surface area contributed by atoms with Gasteiger partial charge in [0, 0.05) is 32.2 Å². The van der Waals surface area contributed by atoms with E-state index in [2.05, 4.69) is 34.5 Å². The summed E-state index contributed by atoms with van der Waals surface area (Å²) >= 11 is 0. The van der Waals surface area contributed by atoms with Gasteiger partial charge in [-0.1, -0.05) is 26.2 Å². The van der Waals surface area contributed by atoms with Crippen molar-refractivity contribution in [3.63, 3.8) is 0 Å². The van der Waals surface area contributed by atoms with Gasteiger partial charge in [0.25, 0.3) is 0 Å². The molecule has 2 rings (SSSR count). The quantitative estimate of drug-likeness (QED) is 0.589. The highest BCUT2D eigenvalue weighted by Crippen LogP contribution is 2.28. The highest BCUT2D eigenvalue weighted by atomic mass is 15.2. The van der Waals surface area contributed by atoms with Gasteiger partial charge < -0.3 is 15.5 Å².